The molecule has 0 fully saturated rings. The van der Waals surface area contributed by atoms with E-state index in [0.29, 0.717) is 9.21 Å². The summed E-state index contributed by atoms with van der Waals surface area (Å²) in [6, 6.07) is 9.06. The Morgan fingerprint density at radius 2 is 1.85 bits per heavy atom. The molecule has 0 aliphatic carbocycles. The lowest BCUT2D eigenvalue weighted by molar-refractivity contribution is -0.148. The molecule has 1 heterocycles. The minimum absolute atomic E-state index is 0.0241. The molecule has 27 heavy (non-hydrogen) atoms. The summed E-state index contributed by atoms with van der Waals surface area (Å²) in [5, 5.41) is 2.80. The van der Waals surface area contributed by atoms with Gasteiger partial charge in [-0.25, -0.2) is 0 Å². The van der Waals surface area contributed by atoms with E-state index < -0.39 is 5.97 Å². The van der Waals surface area contributed by atoms with E-state index in [4.69, 9.17) is 16.3 Å². The molecule has 1 amide bonds. The lowest BCUT2D eigenvalue weighted by Crippen LogP contribution is -2.31. The van der Waals surface area contributed by atoms with Gasteiger partial charge in [0.1, 0.15) is 0 Å². The van der Waals surface area contributed by atoms with Crippen LogP contribution in [0, 0.1) is 13.8 Å². The van der Waals surface area contributed by atoms with Crippen LogP contribution in [0.2, 0.25) is 4.34 Å². The maximum absolute atomic E-state index is 12.0. The van der Waals surface area contributed by atoms with Crippen LogP contribution < -0.4 is 5.32 Å². The molecule has 1 unspecified atom stereocenters. The molecular formula is C20H22ClNO4S. The van der Waals surface area contributed by atoms with Crippen molar-refractivity contribution in [1.29, 1.82) is 0 Å². The first kappa shape index (κ1) is 21.1. The summed E-state index contributed by atoms with van der Waals surface area (Å²) in [6.45, 7) is 5.54. The Labute approximate surface area is 167 Å². The van der Waals surface area contributed by atoms with Crippen molar-refractivity contribution in [3.8, 4) is 0 Å². The summed E-state index contributed by atoms with van der Waals surface area (Å²) in [4.78, 5) is 36.2. The number of rotatable bonds is 8. The molecule has 0 aliphatic heterocycles. The van der Waals surface area contributed by atoms with E-state index in [1.165, 1.54) is 16.9 Å². The second-order valence-electron chi connectivity index (χ2n) is 6.32. The molecule has 7 heteroatoms. The van der Waals surface area contributed by atoms with E-state index in [0.717, 1.165) is 11.1 Å². The highest BCUT2D eigenvalue weighted by molar-refractivity contribution is 7.18. The fourth-order valence-corrected chi connectivity index (χ4v) is 3.43. The van der Waals surface area contributed by atoms with E-state index in [9.17, 15) is 14.4 Å². The van der Waals surface area contributed by atoms with Gasteiger partial charge in [-0.05, 0) is 49.6 Å². The van der Waals surface area contributed by atoms with E-state index in [2.05, 4.69) is 5.32 Å². The van der Waals surface area contributed by atoms with E-state index >= 15 is 0 Å². The normalized spacial score (nSPS) is 11.7. The number of hydrogen-bond acceptors (Lipinski definition) is 5. The Morgan fingerprint density at radius 3 is 2.48 bits per heavy atom. The average Bonchev–Trinajstić information content (AvgIpc) is 3.06. The number of Topliss-reactive ketones (excluding diaryl/α,β-unsaturated/α-hetero) is 1. The third-order valence-electron chi connectivity index (χ3n) is 4.18. The number of ketones is 1. The number of benzene rings is 1. The van der Waals surface area contributed by atoms with Gasteiger partial charge in [-0.1, -0.05) is 29.8 Å². The van der Waals surface area contributed by atoms with Crippen LogP contribution in [0.25, 0.3) is 0 Å². The van der Waals surface area contributed by atoms with Gasteiger partial charge in [0.05, 0.1) is 21.7 Å². The maximum atomic E-state index is 12.0. The Bertz CT molecular complexity index is 846. The molecule has 1 atom stereocenters. The Balaban J connectivity index is 1.73. The maximum Gasteiger partial charge on any atom is 0.306 e. The van der Waals surface area contributed by atoms with Gasteiger partial charge < -0.3 is 10.1 Å². The van der Waals surface area contributed by atoms with Gasteiger partial charge in [0.25, 0.3) is 5.91 Å². The first-order valence-corrected chi connectivity index (χ1v) is 9.76. The molecule has 0 saturated carbocycles. The minimum Gasteiger partial charge on any atom is -0.456 e. The zero-order chi connectivity index (χ0) is 20.0. The van der Waals surface area contributed by atoms with Crippen molar-refractivity contribution in [3.63, 3.8) is 0 Å². The molecule has 0 radical (unpaired) electrons. The fraction of sp³-hybridized carbons (Fsp3) is 0.350. The van der Waals surface area contributed by atoms with E-state index in [1.54, 1.807) is 12.1 Å². The Kier molecular flexibility index (Phi) is 7.56. The highest BCUT2D eigenvalue weighted by Crippen LogP contribution is 2.23. The van der Waals surface area contributed by atoms with Crippen LogP contribution in [-0.4, -0.2) is 24.3 Å². The second kappa shape index (κ2) is 9.67. The average molecular weight is 408 g/mol. The van der Waals surface area contributed by atoms with Crippen molar-refractivity contribution in [1.82, 2.24) is 5.32 Å². The number of halogens is 1. The Morgan fingerprint density at radius 1 is 1.11 bits per heavy atom. The lowest BCUT2D eigenvalue weighted by atomic mass is 10.0. The van der Waals surface area contributed by atoms with Crippen molar-refractivity contribution < 1.29 is 19.1 Å². The van der Waals surface area contributed by atoms with E-state index in [1.807, 2.05) is 39.0 Å². The van der Waals surface area contributed by atoms with Crippen molar-refractivity contribution in [2.45, 2.75) is 39.7 Å². The number of ether oxygens (including phenoxy) is 1. The number of esters is 1. The molecule has 0 aliphatic rings. The van der Waals surface area contributed by atoms with Crippen molar-refractivity contribution in [3.05, 3.63) is 56.2 Å². The number of aryl methyl sites for hydroxylation is 2. The van der Waals surface area contributed by atoms with Gasteiger partial charge in [0.15, 0.2) is 12.4 Å². The number of carbonyl (C=O) groups is 3. The summed E-state index contributed by atoms with van der Waals surface area (Å²) < 4.78 is 5.47. The lowest BCUT2D eigenvalue weighted by Gasteiger charge is -2.15. The first-order chi connectivity index (χ1) is 12.8. The van der Waals surface area contributed by atoms with Gasteiger partial charge in [0, 0.05) is 6.42 Å². The van der Waals surface area contributed by atoms with Crippen LogP contribution in [0.3, 0.4) is 0 Å². The van der Waals surface area contributed by atoms with Gasteiger partial charge >= 0.3 is 5.97 Å². The predicted octanol–water partition coefficient (Wildman–Crippen LogP) is 4.40. The number of amides is 1. The van der Waals surface area contributed by atoms with Crippen LogP contribution in [0.5, 0.6) is 0 Å². The number of hydrogen-bond donors (Lipinski definition) is 1. The summed E-state index contributed by atoms with van der Waals surface area (Å²) in [6.07, 6.45) is -0.0509. The molecular weight excluding hydrogens is 386 g/mol. The molecule has 1 aromatic carbocycles. The molecule has 1 N–H and O–H groups in total. The molecule has 1 aromatic heterocycles. The van der Waals surface area contributed by atoms with Crippen molar-refractivity contribution >= 4 is 40.6 Å². The highest BCUT2D eigenvalue weighted by Gasteiger charge is 2.15. The largest absolute Gasteiger partial charge is 0.456 e. The molecule has 0 spiro atoms. The summed E-state index contributed by atoms with van der Waals surface area (Å²) in [5.74, 6) is -1.14. The zero-order valence-corrected chi connectivity index (χ0v) is 17.1. The van der Waals surface area contributed by atoms with Crippen LogP contribution in [0.4, 0.5) is 0 Å². The SMILES string of the molecule is Cc1ccc(C(C)NC(=O)COC(=O)CCC(=O)c2ccc(Cl)s2)cc1C. The molecule has 2 rings (SSSR count). The number of nitrogens with one attached hydrogen (secondary N) is 1. The predicted molar refractivity (Wildman–Crippen MR) is 106 cm³/mol. The number of carbonyl (C=O) groups excluding carboxylic acids is 3. The fourth-order valence-electron chi connectivity index (χ4n) is 2.42. The summed E-state index contributed by atoms with van der Waals surface area (Å²) in [5.41, 5.74) is 3.32. The molecule has 0 bridgehead atoms. The standard InChI is InChI=1S/C20H22ClNO4S/c1-12-4-5-15(10-13(12)2)14(3)22-19(24)11-26-20(25)9-6-16(23)17-7-8-18(21)27-17/h4-5,7-8,10,14H,6,9,11H2,1-3H3,(H,22,24). The third kappa shape index (κ3) is 6.48. The monoisotopic (exact) mass is 407 g/mol. The first-order valence-electron chi connectivity index (χ1n) is 8.57. The minimum atomic E-state index is -0.583. The van der Waals surface area contributed by atoms with Gasteiger partial charge in [0.2, 0.25) is 0 Å². The van der Waals surface area contributed by atoms with Crippen LogP contribution in [-0.2, 0) is 14.3 Å². The quantitative estimate of drug-likeness (QED) is 0.520. The smallest absolute Gasteiger partial charge is 0.306 e. The van der Waals surface area contributed by atoms with Gasteiger partial charge in [-0.2, -0.15) is 0 Å². The van der Waals surface area contributed by atoms with Crippen LogP contribution >= 0.6 is 22.9 Å². The second-order valence-corrected chi connectivity index (χ2v) is 8.04. The van der Waals surface area contributed by atoms with Crippen LogP contribution in [0.1, 0.15) is 52.2 Å². The van der Waals surface area contributed by atoms with Crippen LogP contribution in [0.15, 0.2) is 30.3 Å². The Hall–Kier alpha value is -2.18. The van der Waals surface area contributed by atoms with Gasteiger partial charge in [-0.15, -0.1) is 11.3 Å². The third-order valence-corrected chi connectivity index (χ3v) is 5.45. The van der Waals surface area contributed by atoms with Crippen molar-refractivity contribution in [2.75, 3.05) is 6.61 Å². The molecule has 5 nitrogen and oxygen atoms in total. The molecule has 0 saturated heterocycles. The molecule has 2 aromatic rings. The molecule has 144 valence electrons. The summed E-state index contributed by atoms with van der Waals surface area (Å²) >= 11 is 6.96. The van der Waals surface area contributed by atoms with Crippen molar-refractivity contribution in [2.24, 2.45) is 0 Å². The summed E-state index contributed by atoms with van der Waals surface area (Å²) in [7, 11) is 0. The highest BCUT2D eigenvalue weighted by atomic mass is 35.5. The number of thiophene rings is 1. The van der Waals surface area contributed by atoms with Gasteiger partial charge in [-0.3, -0.25) is 14.4 Å². The zero-order valence-electron chi connectivity index (χ0n) is 15.5. The van der Waals surface area contributed by atoms with E-state index in [-0.39, 0.29) is 37.2 Å². The topological polar surface area (TPSA) is 72.5 Å².